The lowest BCUT2D eigenvalue weighted by atomic mass is 10.1. The van der Waals surface area contributed by atoms with Crippen LogP contribution < -0.4 is 10.6 Å². The Hall–Kier alpha value is -2.73. The highest BCUT2D eigenvalue weighted by molar-refractivity contribution is 5.96. The zero-order chi connectivity index (χ0) is 16.8. The maximum absolute atomic E-state index is 12.8. The van der Waals surface area contributed by atoms with E-state index >= 15 is 0 Å². The van der Waals surface area contributed by atoms with Crippen LogP contribution in [0.15, 0.2) is 48.5 Å². The fraction of sp³-hybridized carbons (Fsp3) is 0.176. The molecular weight excluding hydrogens is 299 g/mol. The standard InChI is InChI=1S/C17H17FN2O3/c1-11(21)20-15-4-2-3-13(9-15)17(23)19-10-16(22)12-5-7-14(18)8-6-12/h2-9,16,22H,10H2,1H3,(H,19,23)(H,20,21). The smallest absolute Gasteiger partial charge is 0.251 e. The van der Waals surface area contributed by atoms with Crippen molar-refractivity contribution in [3.63, 3.8) is 0 Å². The number of hydrogen-bond acceptors (Lipinski definition) is 3. The van der Waals surface area contributed by atoms with E-state index < -0.39 is 6.10 Å². The van der Waals surface area contributed by atoms with Gasteiger partial charge in [0.25, 0.3) is 5.91 Å². The molecule has 2 aromatic rings. The molecule has 0 aliphatic heterocycles. The number of carbonyl (C=O) groups excluding carboxylic acids is 2. The molecule has 1 atom stereocenters. The first-order valence-electron chi connectivity index (χ1n) is 7.05. The average molecular weight is 316 g/mol. The molecule has 0 saturated heterocycles. The Labute approximate surface area is 133 Å². The molecule has 2 aromatic carbocycles. The number of halogens is 1. The summed E-state index contributed by atoms with van der Waals surface area (Å²) in [7, 11) is 0. The van der Waals surface area contributed by atoms with Crippen molar-refractivity contribution < 1.29 is 19.1 Å². The summed E-state index contributed by atoms with van der Waals surface area (Å²) in [4.78, 5) is 23.1. The lowest BCUT2D eigenvalue weighted by molar-refractivity contribution is -0.114. The summed E-state index contributed by atoms with van der Waals surface area (Å²) in [5.74, 6) is -0.993. The quantitative estimate of drug-likeness (QED) is 0.791. The summed E-state index contributed by atoms with van der Waals surface area (Å²) in [6, 6.07) is 11.9. The number of hydrogen-bond donors (Lipinski definition) is 3. The number of carbonyl (C=O) groups is 2. The van der Waals surface area contributed by atoms with E-state index in [1.54, 1.807) is 24.3 Å². The summed E-state index contributed by atoms with van der Waals surface area (Å²) in [6.45, 7) is 1.38. The van der Waals surface area contributed by atoms with Crippen LogP contribution >= 0.6 is 0 Å². The second-order valence-corrected chi connectivity index (χ2v) is 5.04. The van der Waals surface area contributed by atoms with Crippen LogP contribution in [-0.4, -0.2) is 23.5 Å². The van der Waals surface area contributed by atoms with Crippen LogP contribution in [0.3, 0.4) is 0 Å². The molecule has 2 rings (SSSR count). The molecule has 120 valence electrons. The van der Waals surface area contributed by atoms with Crippen molar-refractivity contribution in [1.82, 2.24) is 5.32 Å². The van der Waals surface area contributed by atoms with Gasteiger partial charge in [-0.1, -0.05) is 18.2 Å². The van der Waals surface area contributed by atoms with Crippen molar-refractivity contribution in [2.45, 2.75) is 13.0 Å². The molecule has 0 fully saturated rings. The van der Waals surface area contributed by atoms with E-state index in [1.807, 2.05) is 0 Å². The third kappa shape index (κ3) is 4.89. The molecule has 0 aromatic heterocycles. The maximum atomic E-state index is 12.8. The molecule has 2 amide bonds. The second kappa shape index (κ2) is 7.51. The topological polar surface area (TPSA) is 78.4 Å². The normalized spacial score (nSPS) is 11.6. The number of anilines is 1. The van der Waals surface area contributed by atoms with E-state index in [4.69, 9.17) is 0 Å². The van der Waals surface area contributed by atoms with Crippen LogP contribution in [0.1, 0.15) is 28.9 Å². The van der Waals surface area contributed by atoms with E-state index in [9.17, 15) is 19.1 Å². The van der Waals surface area contributed by atoms with Crippen LogP contribution in [0.4, 0.5) is 10.1 Å². The number of aliphatic hydroxyl groups is 1. The Morgan fingerprint density at radius 3 is 2.52 bits per heavy atom. The highest BCUT2D eigenvalue weighted by Crippen LogP contribution is 2.14. The van der Waals surface area contributed by atoms with Crippen LogP contribution in [0.25, 0.3) is 0 Å². The number of benzene rings is 2. The van der Waals surface area contributed by atoms with Gasteiger partial charge in [-0.2, -0.15) is 0 Å². The van der Waals surface area contributed by atoms with E-state index in [2.05, 4.69) is 10.6 Å². The van der Waals surface area contributed by atoms with Crippen molar-refractivity contribution in [2.24, 2.45) is 0 Å². The Morgan fingerprint density at radius 2 is 1.87 bits per heavy atom. The zero-order valence-corrected chi connectivity index (χ0v) is 12.5. The summed E-state index contributed by atoms with van der Waals surface area (Å²) in [6.07, 6.45) is -0.932. The molecule has 0 spiro atoms. The Kier molecular flexibility index (Phi) is 5.43. The summed E-state index contributed by atoms with van der Waals surface area (Å²) in [5, 5.41) is 15.2. The number of nitrogens with one attached hydrogen (secondary N) is 2. The molecule has 0 aliphatic carbocycles. The second-order valence-electron chi connectivity index (χ2n) is 5.04. The van der Waals surface area contributed by atoms with Crippen LogP contribution in [0.2, 0.25) is 0 Å². The molecule has 0 saturated carbocycles. The summed E-state index contributed by atoms with van der Waals surface area (Å²) in [5.41, 5.74) is 1.39. The number of aliphatic hydroxyl groups excluding tert-OH is 1. The van der Waals surface area contributed by atoms with Crippen LogP contribution in [-0.2, 0) is 4.79 Å². The molecule has 0 heterocycles. The summed E-state index contributed by atoms with van der Waals surface area (Å²) >= 11 is 0. The number of rotatable bonds is 5. The first-order valence-corrected chi connectivity index (χ1v) is 7.05. The molecule has 3 N–H and O–H groups in total. The molecule has 6 heteroatoms. The maximum Gasteiger partial charge on any atom is 0.251 e. The van der Waals surface area contributed by atoms with Gasteiger partial charge in [0.2, 0.25) is 5.91 Å². The van der Waals surface area contributed by atoms with E-state index in [0.717, 1.165) is 0 Å². The molecule has 23 heavy (non-hydrogen) atoms. The first kappa shape index (κ1) is 16.6. The van der Waals surface area contributed by atoms with Crippen molar-refractivity contribution in [3.05, 3.63) is 65.5 Å². The predicted octanol–water partition coefficient (Wildman–Crippen LogP) is 2.25. The molecule has 0 aliphatic rings. The average Bonchev–Trinajstić information content (AvgIpc) is 2.52. The van der Waals surface area contributed by atoms with E-state index in [0.29, 0.717) is 16.8 Å². The molecule has 1 unspecified atom stereocenters. The van der Waals surface area contributed by atoms with Gasteiger partial charge in [-0.25, -0.2) is 4.39 Å². The minimum absolute atomic E-state index is 0.00513. The molecular formula is C17H17FN2O3. The van der Waals surface area contributed by atoms with Gasteiger partial charge in [-0.15, -0.1) is 0 Å². The minimum Gasteiger partial charge on any atom is -0.387 e. The number of amides is 2. The Balaban J connectivity index is 1.96. The Morgan fingerprint density at radius 1 is 1.17 bits per heavy atom. The van der Waals surface area contributed by atoms with Gasteiger partial charge in [0.1, 0.15) is 5.82 Å². The molecule has 0 bridgehead atoms. The van der Waals surface area contributed by atoms with Crippen molar-refractivity contribution >= 4 is 17.5 Å². The van der Waals surface area contributed by atoms with Crippen LogP contribution in [0.5, 0.6) is 0 Å². The van der Waals surface area contributed by atoms with E-state index in [1.165, 1.54) is 31.2 Å². The van der Waals surface area contributed by atoms with Crippen molar-refractivity contribution in [3.8, 4) is 0 Å². The van der Waals surface area contributed by atoms with Gasteiger partial charge < -0.3 is 15.7 Å². The van der Waals surface area contributed by atoms with Gasteiger partial charge in [-0.3, -0.25) is 9.59 Å². The monoisotopic (exact) mass is 316 g/mol. The SMILES string of the molecule is CC(=O)Nc1cccc(C(=O)NCC(O)c2ccc(F)cc2)c1. The molecule has 5 nitrogen and oxygen atoms in total. The largest absolute Gasteiger partial charge is 0.387 e. The van der Waals surface area contributed by atoms with Crippen LogP contribution in [0, 0.1) is 5.82 Å². The van der Waals surface area contributed by atoms with Gasteiger partial charge in [0.15, 0.2) is 0 Å². The predicted molar refractivity (Wildman–Crippen MR) is 84.4 cm³/mol. The van der Waals surface area contributed by atoms with Gasteiger partial charge in [-0.05, 0) is 35.9 Å². The Bertz CT molecular complexity index is 701. The molecule has 0 radical (unpaired) electrons. The fourth-order valence-electron chi connectivity index (χ4n) is 2.04. The van der Waals surface area contributed by atoms with E-state index in [-0.39, 0.29) is 24.2 Å². The minimum atomic E-state index is -0.932. The third-order valence-electron chi connectivity index (χ3n) is 3.16. The lowest BCUT2D eigenvalue weighted by Gasteiger charge is -2.13. The fourth-order valence-corrected chi connectivity index (χ4v) is 2.04. The van der Waals surface area contributed by atoms with Gasteiger partial charge in [0, 0.05) is 24.7 Å². The van der Waals surface area contributed by atoms with Crippen molar-refractivity contribution in [2.75, 3.05) is 11.9 Å². The lowest BCUT2D eigenvalue weighted by Crippen LogP contribution is -2.28. The van der Waals surface area contributed by atoms with Gasteiger partial charge in [0.05, 0.1) is 6.10 Å². The zero-order valence-electron chi connectivity index (χ0n) is 12.5. The summed E-state index contributed by atoms with van der Waals surface area (Å²) < 4.78 is 12.8. The first-order chi connectivity index (χ1) is 11.0. The third-order valence-corrected chi connectivity index (χ3v) is 3.16. The van der Waals surface area contributed by atoms with Crippen molar-refractivity contribution in [1.29, 1.82) is 0 Å². The highest BCUT2D eigenvalue weighted by Gasteiger charge is 2.11. The highest BCUT2D eigenvalue weighted by atomic mass is 19.1. The van der Waals surface area contributed by atoms with Gasteiger partial charge >= 0.3 is 0 Å².